The number of piperazine rings is 1. The van der Waals surface area contributed by atoms with Crippen molar-refractivity contribution in [2.24, 2.45) is 0 Å². The molecule has 1 saturated carbocycles. The predicted octanol–water partition coefficient (Wildman–Crippen LogP) is 2.94. The van der Waals surface area contributed by atoms with Crippen molar-refractivity contribution < 1.29 is 13.2 Å². The van der Waals surface area contributed by atoms with E-state index in [1.54, 1.807) is 18.2 Å². The van der Waals surface area contributed by atoms with Gasteiger partial charge < -0.3 is 4.90 Å². The van der Waals surface area contributed by atoms with Gasteiger partial charge in [-0.2, -0.15) is 4.31 Å². The number of halogens is 1. The molecule has 2 fully saturated rings. The zero-order valence-electron chi connectivity index (χ0n) is 16.7. The highest BCUT2D eigenvalue weighted by molar-refractivity contribution is 9.10. The summed E-state index contributed by atoms with van der Waals surface area (Å²) in [6.45, 7) is 3.89. The highest BCUT2D eigenvalue weighted by atomic mass is 79.9. The summed E-state index contributed by atoms with van der Waals surface area (Å²) in [6.07, 6.45) is 5.84. The fraction of sp³-hybridized carbons (Fsp3) is 0.650. The quantitative estimate of drug-likeness (QED) is 0.662. The van der Waals surface area contributed by atoms with E-state index < -0.39 is 10.0 Å². The second-order valence-electron chi connectivity index (χ2n) is 7.81. The van der Waals surface area contributed by atoms with Gasteiger partial charge in [0.1, 0.15) is 0 Å². The third kappa shape index (κ3) is 4.78. The lowest BCUT2D eigenvalue weighted by atomic mass is 9.94. The number of benzene rings is 1. The first-order valence-electron chi connectivity index (χ1n) is 10.1. The zero-order chi connectivity index (χ0) is 20.3. The maximum atomic E-state index is 12.9. The van der Waals surface area contributed by atoms with E-state index in [1.807, 2.05) is 24.9 Å². The summed E-state index contributed by atoms with van der Waals surface area (Å²) in [5, 5.41) is 0. The van der Waals surface area contributed by atoms with Gasteiger partial charge in [-0.15, -0.1) is 0 Å². The first-order chi connectivity index (χ1) is 13.3. The molecule has 156 valence electrons. The Labute approximate surface area is 177 Å². The molecular formula is C20H30BrN3O3S. The second-order valence-corrected chi connectivity index (χ2v) is 10.7. The minimum absolute atomic E-state index is 0.148. The zero-order valence-corrected chi connectivity index (χ0v) is 19.1. The molecule has 1 aliphatic heterocycles. The molecule has 1 saturated heterocycles. The highest BCUT2D eigenvalue weighted by Gasteiger charge is 2.34. The average molecular weight is 472 g/mol. The van der Waals surface area contributed by atoms with Crippen molar-refractivity contribution in [3.05, 3.63) is 28.7 Å². The minimum Gasteiger partial charge on any atom is -0.341 e. The topological polar surface area (TPSA) is 60.9 Å². The molecule has 28 heavy (non-hydrogen) atoms. The maximum Gasteiger partial charge on any atom is 0.243 e. The number of nitrogens with zero attached hydrogens (tertiary/aromatic N) is 3. The molecule has 1 amide bonds. The molecule has 1 aliphatic carbocycles. The lowest BCUT2D eigenvalue weighted by Gasteiger charge is -2.39. The van der Waals surface area contributed by atoms with E-state index in [4.69, 9.17) is 0 Å². The minimum atomic E-state index is -3.51. The van der Waals surface area contributed by atoms with Crippen LogP contribution in [0.15, 0.2) is 33.6 Å². The summed E-state index contributed by atoms with van der Waals surface area (Å²) in [6, 6.07) is 6.93. The van der Waals surface area contributed by atoms with Crippen molar-refractivity contribution in [1.29, 1.82) is 0 Å². The number of carbonyl (C=O) groups is 1. The van der Waals surface area contributed by atoms with Gasteiger partial charge in [-0.05, 0) is 38.0 Å². The number of rotatable bonds is 5. The largest absolute Gasteiger partial charge is 0.341 e. The molecule has 3 rings (SSSR count). The Kier molecular flexibility index (Phi) is 7.17. The van der Waals surface area contributed by atoms with Crippen molar-refractivity contribution in [3.63, 3.8) is 0 Å². The Morgan fingerprint density at radius 2 is 1.79 bits per heavy atom. The van der Waals surface area contributed by atoms with Crippen LogP contribution in [-0.2, 0) is 14.8 Å². The number of hydrogen-bond donors (Lipinski definition) is 0. The van der Waals surface area contributed by atoms with Crippen LogP contribution in [-0.4, -0.2) is 73.7 Å². The molecule has 0 aromatic heterocycles. The van der Waals surface area contributed by atoms with Crippen LogP contribution in [0, 0.1) is 0 Å². The second kappa shape index (κ2) is 9.24. The molecule has 1 aromatic carbocycles. The monoisotopic (exact) mass is 471 g/mol. The lowest BCUT2D eigenvalue weighted by molar-refractivity contribution is -0.138. The lowest BCUT2D eigenvalue weighted by Crippen LogP contribution is -2.56. The molecule has 0 unspecified atom stereocenters. The summed E-state index contributed by atoms with van der Waals surface area (Å²) < 4.78 is 28.0. The van der Waals surface area contributed by atoms with E-state index in [1.165, 1.54) is 23.6 Å². The van der Waals surface area contributed by atoms with Gasteiger partial charge in [0.15, 0.2) is 0 Å². The van der Waals surface area contributed by atoms with Crippen LogP contribution in [0.3, 0.4) is 0 Å². The maximum absolute atomic E-state index is 12.9. The molecule has 1 aromatic rings. The van der Waals surface area contributed by atoms with Gasteiger partial charge in [0.05, 0.1) is 10.9 Å². The van der Waals surface area contributed by atoms with Crippen LogP contribution in [0.5, 0.6) is 0 Å². The third-order valence-corrected chi connectivity index (χ3v) is 8.47. The van der Waals surface area contributed by atoms with Gasteiger partial charge in [-0.1, -0.05) is 41.3 Å². The van der Waals surface area contributed by atoms with Gasteiger partial charge in [0.2, 0.25) is 15.9 Å². The van der Waals surface area contributed by atoms with Gasteiger partial charge in [-0.25, -0.2) is 8.42 Å². The summed E-state index contributed by atoms with van der Waals surface area (Å²) >= 11 is 3.34. The molecular weight excluding hydrogens is 442 g/mol. The Bertz CT molecular complexity index is 788. The first-order valence-corrected chi connectivity index (χ1v) is 12.3. The molecule has 6 nitrogen and oxygen atoms in total. The predicted molar refractivity (Wildman–Crippen MR) is 114 cm³/mol. The highest BCUT2D eigenvalue weighted by Crippen LogP contribution is 2.24. The Balaban J connectivity index is 1.59. The van der Waals surface area contributed by atoms with Crippen LogP contribution in [0.4, 0.5) is 0 Å². The van der Waals surface area contributed by atoms with Crippen molar-refractivity contribution in [2.45, 2.75) is 56.0 Å². The molecule has 1 atom stereocenters. The molecule has 0 bridgehead atoms. The third-order valence-electron chi connectivity index (χ3n) is 6.08. The molecule has 0 N–H and O–H groups in total. The number of carbonyl (C=O) groups excluding carboxylic acids is 1. The van der Waals surface area contributed by atoms with Crippen LogP contribution in [0.1, 0.15) is 39.0 Å². The van der Waals surface area contributed by atoms with Gasteiger partial charge in [0.25, 0.3) is 0 Å². The van der Waals surface area contributed by atoms with E-state index >= 15 is 0 Å². The smallest absolute Gasteiger partial charge is 0.243 e. The van der Waals surface area contributed by atoms with Crippen LogP contribution in [0.25, 0.3) is 0 Å². The van der Waals surface area contributed by atoms with E-state index in [2.05, 4.69) is 20.8 Å². The summed E-state index contributed by atoms with van der Waals surface area (Å²) in [5.74, 6) is 0.148. The Hall–Kier alpha value is -0.960. The molecule has 8 heteroatoms. The van der Waals surface area contributed by atoms with E-state index in [9.17, 15) is 13.2 Å². The molecule has 1 heterocycles. The summed E-state index contributed by atoms with van der Waals surface area (Å²) in [4.78, 5) is 17.3. The fourth-order valence-corrected chi connectivity index (χ4v) is 6.23. The normalized spacial score (nSPS) is 21.4. The fourth-order valence-electron chi connectivity index (χ4n) is 4.21. The average Bonchev–Trinajstić information content (AvgIpc) is 2.73. The molecule has 2 aliphatic rings. The SMILES string of the molecule is C[C@H](C(=O)N(C)C1CCCCC1)N1CCN(S(=O)(=O)c2cccc(Br)c2)CC1. The van der Waals surface area contributed by atoms with Gasteiger partial charge in [0, 0.05) is 43.7 Å². The van der Waals surface area contributed by atoms with Crippen LogP contribution < -0.4 is 0 Å². The summed E-state index contributed by atoms with van der Waals surface area (Å²) in [7, 11) is -1.59. The van der Waals surface area contributed by atoms with Crippen molar-refractivity contribution in [1.82, 2.24) is 14.1 Å². The number of amides is 1. The molecule has 0 spiro atoms. The molecule has 0 radical (unpaired) electrons. The van der Waals surface area contributed by atoms with E-state index in [0.717, 1.165) is 17.3 Å². The summed E-state index contributed by atoms with van der Waals surface area (Å²) in [5.41, 5.74) is 0. The van der Waals surface area contributed by atoms with Crippen molar-refractivity contribution in [3.8, 4) is 0 Å². The Morgan fingerprint density at radius 1 is 1.14 bits per heavy atom. The standard InChI is InChI=1S/C20H30BrN3O3S/c1-16(20(25)22(2)18-8-4-3-5-9-18)23-11-13-24(14-12-23)28(26,27)19-10-6-7-17(21)15-19/h6-7,10,15-16,18H,3-5,8-9,11-14H2,1-2H3/t16-/m1/s1. The van der Waals surface area contributed by atoms with E-state index in [0.29, 0.717) is 37.1 Å². The van der Waals surface area contributed by atoms with Crippen LogP contribution >= 0.6 is 15.9 Å². The van der Waals surface area contributed by atoms with E-state index in [-0.39, 0.29) is 11.9 Å². The van der Waals surface area contributed by atoms with Gasteiger partial charge >= 0.3 is 0 Å². The Morgan fingerprint density at radius 3 is 2.39 bits per heavy atom. The first kappa shape index (κ1) is 21.7. The van der Waals surface area contributed by atoms with Crippen molar-refractivity contribution >= 4 is 31.9 Å². The van der Waals surface area contributed by atoms with Gasteiger partial charge in [-0.3, -0.25) is 9.69 Å². The van der Waals surface area contributed by atoms with Crippen molar-refractivity contribution in [2.75, 3.05) is 33.2 Å². The number of likely N-dealkylation sites (N-methyl/N-ethyl adjacent to an activating group) is 1. The van der Waals surface area contributed by atoms with Crippen LogP contribution in [0.2, 0.25) is 0 Å². The number of hydrogen-bond acceptors (Lipinski definition) is 4. The number of sulfonamides is 1.